The minimum atomic E-state index is -0.279. The first-order chi connectivity index (χ1) is 10.2. The van der Waals surface area contributed by atoms with Crippen LogP contribution >= 0.6 is 11.6 Å². The molecule has 3 rings (SSSR count). The summed E-state index contributed by atoms with van der Waals surface area (Å²) in [5.74, 6) is 1.80. The molecule has 1 saturated carbocycles. The number of fused-ring (bicyclic) bond motifs is 1. The highest BCUT2D eigenvalue weighted by Crippen LogP contribution is 2.34. The molecule has 116 valence electrons. The van der Waals surface area contributed by atoms with Crippen molar-refractivity contribution in [2.45, 2.75) is 63.9 Å². The largest absolute Gasteiger partial charge is 0.493 e. The fraction of sp³-hybridized carbons (Fsp3) is 0.667. The molecule has 0 radical (unpaired) electrons. The van der Waals surface area contributed by atoms with Crippen LogP contribution in [0, 0.1) is 5.92 Å². The highest BCUT2D eigenvalue weighted by atomic mass is 35.5. The fourth-order valence-corrected chi connectivity index (χ4v) is 4.02. The molecule has 0 spiro atoms. The van der Waals surface area contributed by atoms with Crippen molar-refractivity contribution in [1.29, 1.82) is 0 Å². The van der Waals surface area contributed by atoms with Gasteiger partial charge in [0.1, 0.15) is 5.75 Å². The van der Waals surface area contributed by atoms with Gasteiger partial charge in [-0.1, -0.05) is 43.7 Å². The van der Waals surface area contributed by atoms with Crippen molar-refractivity contribution < 1.29 is 9.84 Å². The fourth-order valence-electron chi connectivity index (χ4n) is 3.76. The minimum Gasteiger partial charge on any atom is -0.493 e. The number of aliphatic hydroxyl groups excluding tert-OH is 1. The maximum atomic E-state index is 10.4. The van der Waals surface area contributed by atoms with Crippen LogP contribution in [0.4, 0.5) is 0 Å². The Morgan fingerprint density at radius 2 is 2.05 bits per heavy atom. The standard InChI is InChI=1S/C18H25ClO2/c19-16-10-14-8-9-21-18(14)15(11-16)12-17(20)7-6-13-4-2-1-3-5-13/h10-11,13,17,20H,1-9,12H2. The third-order valence-corrected chi connectivity index (χ3v) is 5.13. The lowest BCUT2D eigenvalue weighted by molar-refractivity contribution is 0.148. The molecule has 3 heteroatoms. The van der Waals surface area contributed by atoms with E-state index in [4.69, 9.17) is 16.3 Å². The van der Waals surface area contributed by atoms with Gasteiger partial charge in [0.2, 0.25) is 0 Å². The number of hydrogen-bond donors (Lipinski definition) is 1. The van der Waals surface area contributed by atoms with Crippen molar-refractivity contribution in [3.05, 3.63) is 28.3 Å². The van der Waals surface area contributed by atoms with Gasteiger partial charge in [-0.25, -0.2) is 0 Å². The summed E-state index contributed by atoms with van der Waals surface area (Å²) in [6, 6.07) is 3.94. The second-order valence-electron chi connectivity index (χ2n) is 6.59. The first-order valence-electron chi connectivity index (χ1n) is 8.34. The number of benzene rings is 1. The Morgan fingerprint density at radius 3 is 2.86 bits per heavy atom. The Hall–Kier alpha value is -0.730. The minimum absolute atomic E-state index is 0.279. The van der Waals surface area contributed by atoms with E-state index in [1.54, 1.807) is 0 Å². The summed E-state index contributed by atoms with van der Waals surface area (Å²) in [5, 5.41) is 11.1. The van der Waals surface area contributed by atoms with E-state index < -0.39 is 0 Å². The summed E-state index contributed by atoms with van der Waals surface area (Å²) in [6.45, 7) is 0.737. The highest BCUT2D eigenvalue weighted by Gasteiger charge is 2.20. The Bertz CT molecular complexity index is 480. The Balaban J connectivity index is 1.56. The van der Waals surface area contributed by atoms with Crippen LogP contribution in [0.1, 0.15) is 56.1 Å². The van der Waals surface area contributed by atoms with Gasteiger partial charge in [-0.15, -0.1) is 0 Å². The van der Waals surface area contributed by atoms with E-state index in [-0.39, 0.29) is 6.10 Å². The van der Waals surface area contributed by atoms with Gasteiger partial charge in [-0.3, -0.25) is 0 Å². The number of aliphatic hydroxyl groups is 1. The summed E-state index contributed by atoms with van der Waals surface area (Å²) < 4.78 is 5.71. The third-order valence-electron chi connectivity index (χ3n) is 4.91. The van der Waals surface area contributed by atoms with Gasteiger partial charge in [-0.05, 0) is 42.0 Å². The number of hydrogen-bond acceptors (Lipinski definition) is 2. The summed E-state index contributed by atoms with van der Waals surface area (Å²) >= 11 is 6.17. The van der Waals surface area contributed by atoms with Crippen LogP contribution in [-0.2, 0) is 12.8 Å². The molecule has 1 atom stereocenters. The molecule has 2 aliphatic rings. The van der Waals surface area contributed by atoms with Crippen LogP contribution in [-0.4, -0.2) is 17.8 Å². The third kappa shape index (κ3) is 3.92. The Labute approximate surface area is 132 Å². The zero-order valence-corrected chi connectivity index (χ0v) is 13.4. The Morgan fingerprint density at radius 1 is 1.24 bits per heavy atom. The molecular formula is C18H25ClO2. The zero-order chi connectivity index (χ0) is 14.7. The lowest BCUT2D eigenvalue weighted by Gasteiger charge is -2.22. The van der Waals surface area contributed by atoms with Crippen molar-refractivity contribution in [3.8, 4) is 5.75 Å². The van der Waals surface area contributed by atoms with Gasteiger partial charge in [0.15, 0.2) is 0 Å². The van der Waals surface area contributed by atoms with Crippen molar-refractivity contribution in [2.75, 3.05) is 6.61 Å². The summed E-state index contributed by atoms with van der Waals surface area (Å²) in [4.78, 5) is 0. The first-order valence-corrected chi connectivity index (χ1v) is 8.72. The van der Waals surface area contributed by atoms with E-state index in [0.29, 0.717) is 6.42 Å². The number of halogens is 1. The van der Waals surface area contributed by atoms with Crippen molar-refractivity contribution in [1.82, 2.24) is 0 Å². The SMILES string of the molecule is OC(CCC1CCCCC1)Cc1cc(Cl)cc2c1OCC2. The van der Waals surface area contributed by atoms with Crippen LogP contribution in [0.5, 0.6) is 5.75 Å². The maximum absolute atomic E-state index is 10.4. The second-order valence-corrected chi connectivity index (χ2v) is 7.03. The topological polar surface area (TPSA) is 29.5 Å². The quantitative estimate of drug-likeness (QED) is 0.865. The smallest absolute Gasteiger partial charge is 0.126 e. The van der Waals surface area contributed by atoms with Gasteiger partial charge in [0.25, 0.3) is 0 Å². The molecule has 21 heavy (non-hydrogen) atoms. The zero-order valence-electron chi connectivity index (χ0n) is 12.6. The average molecular weight is 309 g/mol. The summed E-state index contributed by atoms with van der Waals surface area (Å²) in [5.41, 5.74) is 2.27. The maximum Gasteiger partial charge on any atom is 0.126 e. The highest BCUT2D eigenvalue weighted by molar-refractivity contribution is 6.30. The molecule has 1 heterocycles. The van der Waals surface area contributed by atoms with E-state index in [2.05, 4.69) is 0 Å². The molecule has 2 nitrogen and oxygen atoms in total. The van der Waals surface area contributed by atoms with Gasteiger partial charge >= 0.3 is 0 Å². The first kappa shape index (κ1) is 15.2. The molecule has 1 N–H and O–H groups in total. The normalized spacial score (nSPS) is 20.1. The molecular weight excluding hydrogens is 284 g/mol. The van der Waals surface area contributed by atoms with E-state index in [1.165, 1.54) is 37.7 Å². The van der Waals surface area contributed by atoms with E-state index >= 15 is 0 Å². The van der Waals surface area contributed by atoms with Crippen LogP contribution in [0.25, 0.3) is 0 Å². The van der Waals surface area contributed by atoms with Crippen LogP contribution in [0.2, 0.25) is 5.02 Å². The van der Waals surface area contributed by atoms with Crippen molar-refractivity contribution >= 4 is 11.6 Å². The van der Waals surface area contributed by atoms with Gasteiger partial charge < -0.3 is 9.84 Å². The number of ether oxygens (including phenoxy) is 1. The molecule has 1 fully saturated rings. The van der Waals surface area contributed by atoms with E-state index in [1.807, 2.05) is 12.1 Å². The molecule has 0 bridgehead atoms. The predicted molar refractivity (Wildman–Crippen MR) is 86.2 cm³/mol. The molecule has 1 aromatic carbocycles. The monoisotopic (exact) mass is 308 g/mol. The molecule has 1 aliphatic heterocycles. The second kappa shape index (κ2) is 7.02. The lowest BCUT2D eigenvalue weighted by Crippen LogP contribution is -2.15. The summed E-state index contributed by atoms with van der Waals surface area (Å²) in [7, 11) is 0. The predicted octanol–water partition coefficient (Wildman–Crippen LogP) is 4.54. The molecule has 1 aliphatic carbocycles. The number of rotatable bonds is 5. The van der Waals surface area contributed by atoms with E-state index in [0.717, 1.165) is 48.1 Å². The van der Waals surface area contributed by atoms with Crippen LogP contribution < -0.4 is 4.74 Å². The van der Waals surface area contributed by atoms with Crippen molar-refractivity contribution in [2.24, 2.45) is 5.92 Å². The lowest BCUT2D eigenvalue weighted by atomic mass is 9.85. The van der Waals surface area contributed by atoms with Crippen molar-refractivity contribution in [3.63, 3.8) is 0 Å². The van der Waals surface area contributed by atoms with Crippen LogP contribution in [0.3, 0.4) is 0 Å². The Kier molecular flexibility index (Phi) is 5.07. The molecule has 1 aromatic rings. The molecule has 0 aromatic heterocycles. The van der Waals surface area contributed by atoms with Gasteiger partial charge in [0, 0.05) is 17.9 Å². The average Bonchev–Trinajstić information content (AvgIpc) is 2.94. The summed E-state index contributed by atoms with van der Waals surface area (Å²) in [6.07, 6.45) is 10.2. The molecule has 1 unspecified atom stereocenters. The van der Waals surface area contributed by atoms with Gasteiger partial charge in [-0.2, -0.15) is 0 Å². The van der Waals surface area contributed by atoms with E-state index in [9.17, 15) is 5.11 Å². The van der Waals surface area contributed by atoms with Crippen LogP contribution in [0.15, 0.2) is 12.1 Å². The molecule has 0 saturated heterocycles. The van der Waals surface area contributed by atoms with Gasteiger partial charge in [0.05, 0.1) is 12.7 Å². The molecule has 0 amide bonds.